The second-order valence-electron chi connectivity index (χ2n) is 15.6. The maximum atomic E-state index is 13.5. The quantitative estimate of drug-likeness (QED) is 0.154. The third-order valence-corrected chi connectivity index (χ3v) is 11.2. The van der Waals surface area contributed by atoms with E-state index in [0.29, 0.717) is 40.0 Å². The van der Waals surface area contributed by atoms with Gasteiger partial charge in [-0.3, -0.25) is 0 Å². The first-order valence-electron chi connectivity index (χ1n) is 20.8. The van der Waals surface area contributed by atoms with Gasteiger partial charge in [-0.1, -0.05) is 158 Å². The number of alkyl halides is 6. The molecule has 0 bridgehead atoms. The Labute approximate surface area is 374 Å². The standard InChI is InChI=1S/C54H34F6N6/c55-53(56,57)42-27-23-36(24-28-42)49-61-47(34-11-3-1-4-12-34)63-51(65-49)40-19-7-17-38(31-40)44-21-9-15-33-16-10-22-45(46(33)44)39-18-8-20-41(32-39)52-64-48(35-13-5-2-6-14-35)62-50(66-52)37-25-29-43(30-26-37)54(58,59)60/h1-32,49H,(H,61,63,65). The molecule has 0 saturated carbocycles. The fraction of sp³-hybridized carbons (Fsp3) is 0.0556. The number of hydrogen-bond donors (Lipinski definition) is 1. The summed E-state index contributed by atoms with van der Waals surface area (Å²) in [6.07, 6.45) is -9.68. The predicted octanol–water partition coefficient (Wildman–Crippen LogP) is 13.9. The molecule has 0 aliphatic carbocycles. The van der Waals surface area contributed by atoms with Crippen molar-refractivity contribution in [2.24, 2.45) is 9.98 Å². The highest BCUT2D eigenvalue weighted by Gasteiger charge is 2.32. The number of aromatic nitrogens is 3. The molecule has 1 N–H and O–H groups in total. The summed E-state index contributed by atoms with van der Waals surface area (Å²) in [5.41, 5.74) is 6.00. The highest BCUT2D eigenvalue weighted by Crippen LogP contribution is 2.39. The van der Waals surface area contributed by atoms with Gasteiger partial charge in [-0.05, 0) is 75.0 Å². The molecular formula is C54H34F6N6. The number of hydrogen-bond acceptors (Lipinski definition) is 6. The number of amidine groups is 2. The maximum Gasteiger partial charge on any atom is 0.416 e. The van der Waals surface area contributed by atoms with Gasteiger partial charge in [-0.2, -0.15) is 26.3 Å². The molecule has 0 fully saturated rings. The van der Waals surface area contributed by atoms with E-state index in [0.717, 1.165) is 74.0 Å². The van der Waals surface area contributed by atoms with Crippen LogP contribution in [0.1, 0.15) is 34.0 Å². The topological polar surface area (TPSA) is 75.4 Å². The fourth-order valence-electron chi connectivity index (χ4n) is 7.98. The van der Waals surface area contributed by atoms with Gasteiger partial charge >= 0.3 is 12.4 Å². The number of aliphatic imine (C=N–C) groups is 2. The summed E-state index contributed by atoms with van der Waals surface area (Å²) in [6, 6.07) is 56.4. The van der Waals surface area contributed by atoms with Gasteiger partial charge in [-0.25, -0.2) is 24.9 Å². The molecule has 12 heteroatoms. The Bertz CT molecular complexity index is 3290. The highest BCUT2D eigenvalue weighted by molar-refractivity contribution is 6.14. The van der Waals surface area contributed by atoms with Gasteiger partial charge < -0.3 is 5.32 Å². The fourth-order valence-corrected chi connectivity index (χ4v) is 7.98. The van der Waals surface area contributed by atoms with Crippen molar-refractivity contribution >= 4 is 22.4 Å². The summed E-state index contributed by atoms with van der Waals surface area (Å²) in [5, 5.41) is 5.35. The summed E-state index contributed by atoms with van der Waals surface area (Å²) in [7, 11) is 0. The van der Waals surface area contributed by atoms with Crippen LogP contribution in [0.3, 0.4) is 0 Å². The van der Waals surface area contributed by atoms with E-state index in [-0.39, 0.29) is 5.82 Å². The van der Waals surface area contributed by atoms with Gasteiger partial charge in [0.25, 0.3) is 0 Å². The zero-order valence-electron chi connectivity index (χ0n) is 34.6. The van der Waals surface area contributed by atoms with Crippen molar-refractivity contribution in [3.05, 3.63) is 222 Å². The van der Waals surface area contributed by atoms with Crippen LogP contribution < -0.4 is 5.32 Å². The number of rotatable bonds is 8. The molecule has 6 nitrogen and oxygen atoms in total. The molecule has 10 rings (SSSR count). The van der Waals surface area contributed by atoms with E-state index in [2.05, 4.69) is 34.6 Å². The summed E-state index contributed by atoms with van der Waals surface area (Å²) >= 11 is 0. The number of nitrogens with one attached hydrogen (secondary N) is 1. The normalized spacial score (nSPS) is 14.1. The molecule has 1 aromatic heterocycles. The zero-order valence-corrected chi connectivity index (χ0v) is 34.6. The Morgan fingerprint density at radius 2 is 0.833 bits per heavy atom. The van der Waals surface area contributed by atoms with Crippen molar-refractivity contribution in [3.8, 4) is 56.4 Å². The van der Waals surface area contributed by atoms with Gasteiger partial charge in [0.15, 0.2) is 23.3 Å². The van der Waals surface area contributed by atoms with Gasteiger partial charge in [0.05, 0.1) is 11.1 Å². The molecule has 0 spiro atoms. The van der Waals surface area contributed by atoms with E-state index in [1.165, 1.54) is 24.3 Å². The molecule has 1 aliphatic rings. The lowest BCUT2D eigenvalue weighted by molar-refractivity contribution is -0.138. The van der Waals surface area contributed by atoms with Gasteiger partial charge in [0, 0.05) is 27.8 Å². The average Bonchev–Trinajstić information content (AvgIpc) is 3.36. The number of benzene rings is 8. The van der Waals surface area contributed by atoms with Crippen molar-refractivity contribution in [1.82, 2.24) is 20.3 Å². The highest BCUT2D eigenvalue weighted by atomic mass is 19.4. The average molecular weight is 881 g/mol. The lowest BCUT2D eigenvalue weighted by Crippen LogP contribution is -2.33. The molecule has 0 saturated heterocycles. The van der Waals surface area contributed by atoms with Crippen molar-refractivity contribution < 1.29 is 26.3 Å². The van der Waals surface area contributed by atoms with Crippen LogP contribution in [0.15, 0.2) is 204 Å². The molecule has 66 heavy (non-hydrogen) atoms. The third kappa shape index (κ3) is 8.56. The summed E-state index contributed by atoms with van der Waals surface area (Å²) in [5.74, 6) is 1.90. The zero-order chi connectivity index (χ0) is 45.4. The second kappa shape index (κ2) is 17.0. The summed E-state index contributed by atoms with van der Waals surface area (Å²) in [6.45, 7) is 0. The molecule has 322 valence electrons. The van der Waals surface area contributed by atoms with Crippen molar-refractivity contribution in [2.75, 3.05) is 0 Å². The molecule has 1 aliphatic heterocycles. The van der Waals surface area contributed by atoms with Crippen LogP contribution >= 0.6 is 0 Å². The first-order valence-corrected chi connectivity index (χ1v) is 20.8. The van der Waals surface area contributed by atoms with Crippen LogP contribution in [0.25, 0.3) is 67.2 Å². The monoisotopic (exact) mass is 880 g/mol. The van der Waals surface area contributed by atoms with Crippen LogP contribution in [-0.4, -0.2) is 26.6 Å². The smallest absolute Gasteiger partial charge is 0.344 e. The predicted molar refractivity (Wildman–Crippen MR) is 246 cm³/mol. The number of fused-ring (bicyclic) bond motifs is 1. The van der Waals surface area contributed by atoms with Crippen LogP contribution in [0.2, 0.25) is 0 Å². The SMILES string of the molecule is FC(F)(F)c1ccc(-c2nc(-c3ccccc3)nc(-c3cccc(-c4cccc5cccc(-c6cccc(C7=NC(c8ccccc8)=NC(c8ccc(C(F)(F)F)cc8)N7)c6)c45)c3)n2)cc1. The van der Waals surface area contributed by atoms with Crippen LogP contribution in [0.4, 0.5) is 26.3 Å². The molecule has 1 atom stereocenters. The van der Waals surface area contributed by atoms with E-state index in [4.69, 9.17) is 20.0 Å². The first-order chi connectivity index (χ1) is 31.9. The Kier molecular flexibility index (Phi) is 10.8. The first kappa shape index (κ1) is 41.7. The van der Waals surface area contributed by atoms with E-state index >= 15 is 0 Å². The van der Waals surface area contributed by atoms with Crippen molar-refractivity contribution in [1.29, 1.82) is 0 Å². The lowest BCUT2D eigenvalue weighted by Gasteiger charge is -2.24. The summed E-state index contributed by atoms with van der Waals surface area (Å²) < 4.78 is 80.9. The molecule has 2 heterocycles. The van der Waals surface area contributed by atoms with E-state index < -0.39 is 29.6 Å². The van der Waals surface area contributed by atoms with Crippen molar-refractivity contribution in [2.45, 2.75) is 18.5 Å². The van der Waals surface area contributed by atoms with E-state index in [1.807, 2.05) is 121 Å². The molecular weight excluding hydrogens is 847 g/mol. The summed E-state index contributed by atoms with van der Waals surface area (Å²) in [4.78, 5) is 24.1. The van der Waals surface area contributed by atoms with Gasteiger partial charge in [0.1, 0.15) is 12.0 Å². The minimum absolute atomic E-state index is 0.232. The van der Waals surface area contributed by atoms with E-state index in [9.17, 15) is 26.3 Å². The Morgan fingerprint density at radius 3 is 1.39 bits per heavy atom. The molecule has 1 unspecified atom stereocenters. The van der Waals surface area contributed by atoms with Gasteiger partial charge in [-0.15, -0.1) is 0 Å². The van der Waals surface area contributed by atoms with Crippen molar-refractivity contribution in [3.63, 3.8) is 0 Å². The molecule has 0 amide bonds. The molecule has 0 radical (unpaired) electrons. The number of nitrogens with zero attached hydrogens (tertiary/aromatic N) is 5. The number of halogens is 6. The largest absolute Gasteiger partial charge is 0.416 e. The Morgan fingerprint density at radius 1 is 0.394 bits per heavy atom. The van der Waals surface area contributed by atoms with E-state index in [1.54, 1.807) is 0 Å². The molecule has 9 aromatic rings. The van der Waals surface area contributed by atoms with Crippen LogP contribution in [-0.2, 0) is 12.4 Å². The minimum atomic E-state index is -4.49. The minimum Gasteiger partial charge on any atom is -0.344 e. The van der Waals surface area contributed by atoms with Crippen LogP contribution in [0.5, 0.6) is 0 Å². The van der Waals surface area contributed by atoms with Gasteiger partial charge in [0.2, 0.25) is 0 Å². The third-order valence-electron chi connectivity index (χ3n) is 11.2. The molecule has 8 aromatic carbocycles. The second-order valence-corrected chi connectivity index (χ2v) is 15.6. The van der Waals surface area contributed by atoms with Crippen LogP contribution in [0, 0.1) is 0 Å². The maximum absolute atomic E-state index is 13.5. The Hall–Kier alpha value is -8.25. The lowest BCUT2D eigenvalue weighted by atomic mass is 9.90. The Balaban J connectivity index is 1.04.